The first kappa shape index (κ1) is 14.6. The number of hydrogen-bond acceptors (Lipinski definition) is 2. The summed E-state index contributed by atoms with van der Waals surface area (Å²) in [5.74, 6) is 0.671. The number of aromatic hydroxyl groups is 2. The zero-order chi connectivity index (χ0) is 16.6. The third-order valence-electron chi connectivity index (χ3n) is 7.09. The molecule has 0 fully saturated rings. The Hall–Kier alpha value is -1.96. The average molecular weight is 308 g/mol. The molecule has 0 aromatic heterocycles. The van der Waals surface area contributed by atoms with Crippen molar-refractivity contribution in [2.45, 2.75) is 51.4 Å². The molecule has 120 valence electrons. The van der Waals surface area contributed by atoms with Gasteiger partial charge in [0.05, 0.1) is 0 Å². The molecule has 2 heteroatoms. The molecule has 2 aromatic carbocycles. The third-order valence-corrected chi connectivity index (χ3v) is 7.09. The van der Waals surface area contributed by atoms with Gasteiger partial charge in [-0.05, 0) is 70.2 Å². The maximum atomic E-state index is 10.1. The summed E-state index contributed by atoms with van der Waals surface area (Å²) >= 11 is 0. The van der Waals surface area contributed by atoms with Crippen molar-refractivity contribution in [2.24, 2.45) is 5.41 Å². The van der Waals surface area contributed by atoms with Crippen LogP contribution in [-0.2, 0) is 17.3 Å². The summed E-state index contributed by atoms with van der Waals surface area (Å²) in [6.45, 7) is 9.23. The monoisotopic (exact) mass is 308 g/mol. The average Bonchev–Trinajstić information content (AvgIpc) is 2.91. The Morgan fingerprint density at radius 3 is 2.09 bits per heavy atom. The van der Waals surface area contributed by atoms with Crippen molar-refractivity contribution in [3.8, 4) is 11.5 Å². The van der Waals surface area contributed by atoms with Crippen molar-refractivity contribution >= 4 is 0 Å². The first-order chi connectivity index (χ1) is 10.7. The highest BCUT2D eigenvalue weighted by molar-refractivity contribution is 5.62. The molecule has 0 amide bonds. The van der Waals surface area contributed by atoms with Gasteiger partial charge in [0.2, 0.25) is 0 Å². The number of rotatable bonds is 0. The largest absolute Gasteiger partial charge is 0.508 e. The molecule has 2 aromatic rings. The van der Waals surface area contributed by atoms with Crippen LogP contribution in [0.2, 0.25) is 0 Å². The topological polar surface area (TPSA) is 40.5 Å². The molecular formula is C21H24O2. The second kappa shape index (κ2) is 4.11. The number of benzene rings is 2. The standard InChI is InChI=1S/C21H24O2/c1-19(2)18-12-15(23)7-8-16(18)21(20(19,3)4)10-9-13-5-6-14(22)11-17(13)21/h5-8,11-12,22-23H,9-10H2,1-4H3. The van der Waals surface area contributed by atoms with E-state index in [9.17, 15) is 10.2 Å². The fourth-order valence-electron chi connectivity index (χ4n) is 5.19. The van der Waals surface area contributed by atoms with Crippen LogP contribution in [0.5, 0.6) is 11.5 Å². The van der Waals surface area contributed by atoms with Gasteiger partial charge >= 0.3 is 0 Å². The quantitative estimate of drug-likeness (QED) is 0.744. The highest BCUT2D eigenvalue weighted by Crippen LogP contribution is 2.68. The van der Waals surface area contributed by atoms with E-state index in [1.54, 1.807) is 12.1 Å². The minimum Gasteiger partial charge on any atom is -0.508 e. The fourth-order valence-corrected chi connectivity index (χ4v) is 5.19. The lowest BCUT2D eigenvalue weighted by molar-refractivity contribution is 0.127. The summed E-state index contributed by atoms with van der Waals surface area (Å²) in [6, 6.07) is 11.7. The van der Waals surface area contributed by atoms with E-state index in [0.717, 1.165) is 12.8 Å². The Morgan fingerprint density at radius 2 is 1.39 bits per heavy atom. The van der Waals surface area contributed by atoms with Crippen LogP contribution in [0.1, 0.15) is 56.4 Å². The molecule has 0 aliphatic heterocycles. The molecule has 0 heterocycles. The van der Waals surface area contributed by atoms with E-state index in [1.807, 2.05) is 12.1 Å². The highest BCUT2D eigenvalue weighted by Gasteiger charge is 2.63. The van der Waals surface area contributed by atoms with Crippen LogP contribution >= 0.6 is 0 Å². The van der Waals surface area contributed by atoms with Gasteiger partial charge in [0.1, 0.15) is 11.5 Å². The lowest BCUT2D eigenvalue weighted by Gasteiger charge is -2.47. The van der Waals surface area contributed by atoms with Gasteiger partial charge in [-0.2, -0.15) is 0 Å². The van der Waals surface area contributed by atoms with Crippen LogP contribution in [0, 0.1) is 5.41 Å². The SMILES string of the molecule is CC1(C)c2cc(O)ccc2C2(CCc3ccc(O)cc32)C1(C)C. The molecular weight excluding hydrogens is 284 g/mol. The molecule has 2 N–H and O–H groups in total. The van der Waals surface area contributed by atoms with Crippen molar-refractivity contribution in [1.82, 2.24) is 0 Å². The number of hydrogen-bond donors (Lipinski definition) is 2. The summed E-state index contributed by atoms with van der Waals surface area (Å²) in [7, 11) is 0. The van der Waals surface area contributed by atoms with E-state index >= 15 is 0 Å². The molecule has 0 radical (unpaired) electrons. The minimum absolute atomic E-state index is 0.0187. The molecule has 4 rings (SSSR count). The van der Waals surface area contributed by atoms with Crippen LogP contribution in [0.3, 0.4) is 0 Å². The van der Waals surface area contributed by atoms with Crippen LogP contribution in [0.15, 0.2) is 36.4 Å². The summed E-state index contributed by atoms with van der Waals surface area (Å²) in [5, 5.41) is 20.1. The van der Waals surface area contributed by atoms with Gasteiger partial charge in [-0.1, -0.05) is 39.8 Å². The molecule has 1 atom stereocenters. The summed E-state index contributed by atoms with van der Waals surface area (Å²) in [4.78, 5) is 0. The highest BCUT2D eigenvalue weighted by atomic mass is 16.3. The Labute approximate surface area is 137 Å². The van der Waals surface area contributed by atoms with Crippen LogP contribution in [0.4, 0.5) is 0 Å². The zero-order valence-corrected chi connectivity index (χ0v) is 14.3. The number of fused-ring (bicyclic) bond motifs is 4. The van der Waals surface area contributed by atoms with E-state index in [2.05, 4.69) is 39.8 Å². The van der Waals surface area contributed by atoms with Gasteiger partial charge in [-0.15, -0.1) is 0 Å². The molecule has 1 spiro atoms. The smallest absolute Gasteiger partial charge is 0.115 e. The van der Waals surface area contributed by atoms with Crippen LogP contribution in [0.25, 0.3) is 0 Å². The molecule has 1 unspecified atom stereocenters. The maximum absolute atomic E-state index is 10.1. The van der Waals surface area contributed by atoms with E-state index in [0.29, 0.717) is 11.5 Å². The van der Waals surface area contributed by atoms with Gasteiger partial charge in [0.15, 0.2) is 0 Å². The normalized spacial score (nSPS) is 26.3. The molecule has 2 nitrogen and oxygen atoms in total. The van der Waals surface area contributed by atoms with Crippen molar-refractivity contribution in [1.29, 1.82) is 0 Å². The van der Waals surface area contributed by atoms with Crippen molar-refractivity contribution in [3.05, 3.63) is 58.7 Å². The lowest BCUT2D eigenvalue weighted by Crippen LogP contribution is -2.45. The molecule has 0 saturated carbocycles. The van der Waals surface area contributed by atoms with Crippen LogP contribution < -0.4 is 0 Å². The molecule has 0 saturated heterocycles. The Morgan fingerprint density at radius 1 is 0.783 bits per heavy atom. The Balaban J connectivity index is 2.11. The maximum Gasteiger partial charge on any atom is 0.115 e. The first-order valence-electron chi connectivity index (χ1n) is 8.38. The summed E-state index contributed by atoms with van der Waals surface area (Å²) < 4.78 is 0. The number of aryl methyl sites for hydroxylation is 1. The van der Waals surface area contributed by atoms with Gasteiger partial charge in [0, 0.05) is 5.41 Å². The molecule has 2 aliphatic rings. The second-order valence-electron chi connectivity index (χ2n) is 8.23. The Kier molecular flexibility index (Phi) is 2.61. The van der Waals surface area contributed by atoms with E-state index in [-0.39, 0.29) is 16.2 Å². The van der Waals surface area contributed by atoms with E-state index in [4.69, 9.17) is 0 Å². The molecule has 23 heavy (non-hydrogen) atoms. The Bertz CT molecular complexity index is 817. The van der Waals surface area contributed by atoms with Crippen molar-refractivity contribution < 1.29 is 10.2 Å². The lowest BCUT2D eigenvalue weighted by atomic mass is 9.55. The van der Waals surface area contributed by atoms with Crippen molar-refractivity contribution in [3.63, 3.8) is 0 Å². The zero-order valence-electron chi connectivity index (χ0n) is 14.3. The van der Waals surface area contributed by atoms with E-state index in [1.165, 1.54) is 22.3 Å². The third kappa shape index (κ3) is 1.50. The van der Waals surface area contributed by atoms with Gasteiger partial charge in [-0.3, -0.25) is 0 Å². The van der Waals surface area contributed by atoms with Crippen LogP contribution in [-0.4, -0.2) is 10.2 Å². The summed E-state index contributed by atoms with van der Waals surface area (Å²) in [5.41, 5.74) is 4.97. The number of phenolic OH excluding ortho intramolecular Hbond substituents is 2. The van der Waals surface area contributed by atoms with Crippen molar-refractivity contribution in [2.75, 3.05) is 0 Å². The number of phenols is 2. The van der Waals surface area contributed by atoms with Gasteiger partial charge in [-0.25, -0.2) is 0 Å². The summed E-state index contributed by atoms with van der Waals surface area (Å²) in [6.07, 6.45) is 2.09. The fraction of sp³-hybridized carbons (Fsp3) is 0.429. The predicted molar refractivity (Wildman–Crippen MR) is 92.1 cm³/mol. The minimum atomic E-state index is -0.104. The predicted octanol–water partition coefficient (Wildman–Crippen LogP) is 4.65. The first-order valence-corrected chi connectivity index (χ1v) is 8.38. The second-order valence-corrected chi connectivity index (χ2v) is 8.23. The molecule has 0 bridgehead atoms. The van der Waals surface area contributed by atoms with Gasteiger partial charge in [0.25, 0.3) is 0 Å². The molecule has 2 aliphatic carbocycles. The van der Waals surface area contributed by atoms with E-state index < -0.39 is 0 Å². The van der Waals surface area contributed by atoms with Gasteiger partial charge < -0.3 is 10.2 Å².